The van der Waals surface area contributed by atoms with E-state index in [9.17, 15) is 0 Å². The molecule has 0 aromatic carbocycles. The Balaban J connectivity index is 2.12. The van der Waals surface area contributed by atoms with Crippen molar-refractivity contribution in [1.29, 1.82) is 0 Å². The van der Waals surface area contributed by atoms with Gasteiger partial charge >= 0.3 is 0 Å². The van der Waals surface area contributed by atoms with Gasteiger partial charge in [0.2, 0.25) is 0 Å². The minimum atomic E-state index is 1.29. The van der Waals surface area contributed by atoms with E-state index in [1.165, 1.54) is 21.1 Å². The summed E-state index contributed by atoms with van der Waals surface area (Å²) in [6.07, 6.45) is 0. The monoisotopic (exact) mass is 245 g/mol. The highest BCUT2D eigenvalue weighted by atomic mass is 32.1. The zero-order valence-electron chi connectivity index (χ0n) is 8.88. The molecule has 16 heavy (non-hydrogen) atoms. The van der Waals surface area contributed by atoms with E-state index in [0.717, 1.165) is 0 Å². The molecule has 3 aromatic rings. The Kier molecular flexibility index (Phi) is 2.42. The van der Waals surface area contributed by atoms with E-state index in [1.807, 2.05) is 0 Å². The minimum Gasteiger partial charge on any atom is -0.342 e. The van der Waals surface area contributed by atoms with E-state index in [-0.39, 0.29) is 0 Å². The quantitative estimate of drug-likeness (QED) is 0.627. The highest BCUT2D eigenvalue weighted by Crippen LogP contribution is 2.32. The molecule has 0 saturated carbocycles. The first kappa shape index (κ1) is 9.87. The predicted molar refractivity (Wildman–Crippen MR) is 72.0 cm³/mol. The lowest BCUT2D eigenvalue weighted by Gasteiger charge is -2.04. The van der Waals surface area contributed by atoms with Crippen molar-refractivity contribution in [2.45, 2.75) is 0 Å². The van der Waals surface area contributed by atoms with Crippen molar-refractivity contribution in [3.63, 3.8) is 0 Å². The standard InChI is InChI=1S/C13H11NS2/c1-14-10(12-4-2-8-15-12)6-7-11(14)13-5-3-9-16-13/h2-9H,1H3. The molecule has 0 unspecified atom stereocenters. The van der Waals surface area contributed by atoms with Crippen LogP contribution in [0.5, 0.6) is 0 Å². The van der Waals surface area contributed by atoms with Crippen LogP contribution in [0.2, 0.25) is 0 Å². The molecule has 0 spiro atoms. The summed E-state index contributed by atoms with van der Waals surface area (Å²) in [7, 11) is 2.13. The van der Waals surface area contributed by atoms with Gasteiger partial charge in [0.25, 0.3) is 0 Å². The van der Waals surface area contributed by atoms with Crippen LogP contribution in [0, 0.1) is 0 Å². The molecular weight excluding hydrogens is 234 g/mol. The van der Waals surface area contributed by atoms with Crippen LogP contribution in [0.3, 0.4) is 0 Å². The first-order chi connectivity index (χ1) is 7.86. The van der Waals surface area contributed by atoms with Gasteiger partial charge in [0.1, 0.15) is 0 Å². The minimum absolute atomic E-state index is 1.29. The molecular formula is C13H11NS2. The number of hydrogen-bond acceptors (Lipinski definition) is 2. The van der Waals surface area contributed by atoms with Gasteiger partial charge in [-0.1, -0.05) is 12.1 Å². The largest absolute Gasteiger partial charge is 0.342 e. The molecule has 1 nitrogen and oxygen atoms in total. The molecule has 0 atom stereocenters. The van der Waals surface area contributed by atoms with Gasteiger partial charge in [0, 0.05) is 7.05 Å². The van der Waals surface area contributed by atoms with Crippen molar-refractivity contribution in [2.24, 2.45) is 7.05 Å². The normalized spacial score (nSPS) is 10.8. The number of nitrogens with zero attached hydrogens (tertiary/aromatic N) is 1. The molecule has 0 aliphatic heterocycles. The van der Waals surface area contributed by atoms with E-state index in [0.29, 0.717) is 0 Å². The van der Waals surface area contributed by atoms with Crippen molar-refractivity contribution >= 4 is 22.7 Å². The highest BCUT2D eigenvalue weighted by molar-refractivity contribution is 7.14. The van der Waals surface area contributed by atoms with Crippen LogP contribution in [-0.4, -0.2) is 4.57 Å². The lowest BCUT2D eigenvalue weighted by molar-refractivity contribution is 0.951. The van der Waals surface area contributed by atoms with Crippen molar-refractivity contribution in [3.8, 4) is 21.1 Å². The van der Waals surface area contributed by atoms with Gasteiger partial charge in [0.15, 0.2) is 0 Å². The van der Waals surface area contributed by atoms with Crippen molar-refractivity contribution < 1.29 is 0 Å². The number of hydrogen-bond donors (Lipinski definition) is 0. The lowest BCUT2D eigenvalue weighted by atomic mass is 10.3. The molecule has 0 aliphatic rings. The third-order valence-electron chi connectivity index (χ3n) is 2.67. The number of thiophene rings is 2. The van der Waals surface area contributed by atoms with E-state index in [2.05, 4.69) is 58.8 Å². The third kappa shape index (κ3) is 1.52. The molecule has 3 rings (SSSR count). The first-order valence-corrected chi connectivity index (χ1v) is 6.85. The Labute approximate surface area is 103 Å². The van der Waals surface area contributed by atoms with Gasteiger partial charge in [-0.05, 0) is 35.0 Å². The third-order valence-corrected chi connectivity index (χ3v) is 4.45. The van der Waals surface area contributed by atoms with Gasteiger partial charge < -0.3 is 4.57 Å². The summed E-state index contributed by atoms with van der Waals surface area (Å²) in [4.78, 5) is 2.65. The van der Waals surface area contributed by atoms with Crippen LogP contribution < -0.4 is 0 Å². The fourth-order valence-corrected chi connectivity index (χ4v) is 3.43. The van der Waals surface area contributed by atoms with Crippen molar-refractivity contribution in [1.82, 2.24) is 4.57 Å². The van der Waals surface area contributed by atoms with Gasteiger partial charge in [-0.25, -0.2) is 0 Å². The number of aromatic nitrogens is 1. The summed E-state index contributed by atoms with van der Waals surface area (Å²) < 4.78 is 2.26. The van der Waals surface area contributed by atoms with Crippen LogP contribution in [0.4, 0.5) is 0 Å². The fraction of sp³-hybridized carbons (Fsp3) is 0.0769. The second kappa shape index (κ2) is 3.92. The maximum Gasteiger partial charge on any atom is 0.0584 e. The molecule has 3 heteroatoms. The molecule has 3 heterocycles. The molecule has 0 bridgehead atoms. The Morgan fingerprint density at radius 3 is 1.69 bits per heavy atom. The molecule has 0 amide bonds. The predicted octanol–water partition coefficient (Wildman–Crippen LogP) is 4.48. The number of rotatable bonds is 2. The van der Waals surface area contributed by atoms with Crippen molar-refractivity contribution in [2.75, 3.05) is 0 Å². The topological polar surface area (TPSA) is 4.93 Å². The van der Waals surface area contributed by atoms with Crippen LogP contribution in [0.15, 0.2) is 47.2 Å². The maximum absolute atomic E-state index is 2.26. The molecule has 0 radical (unpaired) electrons. The van der Waals surface area contributed by atoms with Gasteiger partial charge in [0.05, 0.1) is 21.1 Å². The van der Waals surface area contributed by atoms with Crippen LogP contribution in [0.25, 0.3) is 21.1 Å². The second-order valence-corrected chi connectivity index (χ2v) is 5.51. The van der Waals surface area contributed by atoms with E-state index < -0.39 is 0 Å². The summed E-state index contributed by atoms with van der Waals surface area (Å²) in [6.45, 7) is 0. The Hall–Kier alpha value is -1.32. The average molecular weight is 245 g/mol. The van der Waals surface area contributed by atoms with Crippen molar-refractivity contribution in [3.05, 3.63) is 47.2 Å². The van der Waals surface area contributed by atoms with E-state index in [4.69, 9.17) is 0 Å². The van der Waals surface area contributed by atoms with Gasteiger partial charge in [-0.3, -0.25) is 0 Å². The fourth-order valence-electron chi connectivity index (χ4n) is 1.85. The SMILES string of the molecule is Cn1c(-c2cccs2)ccc1-c1cccs1. The van der Waals surface area contributed by atoms with Crippen LogP contribution in [-0.2, 0) is 7.05 Å². The summed E-state index contributed by atoms with van der Waals surface area (Å²) in [5.41, 5.74) is 2.58. The Morgan fingerprint density at radius 1 is 0.812 bits per heavy atom. The molecule has 3 aromatic heterocycles. The van der Waals surface area contributed by atoms with Gasteiger partial charge in [-0.15, -0.1) is 22.7 Å². The summed E-state index contributed by atoms with van der Waals surface area (Å²) >= 11 is 3.57. The summed E-state index contributed by atoms with van der Waals surface area (Å²) in [5.74, 6) is 0. The molecule has 80 valence electrons. The smallest absolute Gasteiger partial charge is 0.0584 e. The Morgan fingerprint density at radius 2 is 1.31 bits per heavy atom. The Bertz CT molecular complexity index is 522. The van der Waals surface area contributed by atoms with Gasteiger partial charge in [-0.2, -0.15) is 0 Å². The lowest BCUT2D eigenvalue weighted by Crippen LogP contribution is -1.91. The molecule has 0 N–H and O–H groups in total. The maximum atomic E-state index is 2.26. The zero-order valence-corrected chi connectivity index (χ0v) is 10.5. The summed E-state index contributed by atoms with van der Waals surface area (Å²) in [6, 6.07) is 12.9. The second-order valence-electron chi connectivity index (χ2n) is 3.62. The molecule has 0 aliphatic carbocycles. The molecule has 0 fully saturated rings. The highest BCUT2D eigenvalue weighted by Gasteiger charge is 2.09. The average Bonchev–Trinajstić information content (AvgIpc) is 2.96. The van der Waals surface area contributed by atoms with Crippen LogP contribution in [0.1, 0.15) is 0 Å². The van der Waals surface area contributed by atoms with Crippen LogP contribution >= 0.6 is 22.7 Å². The molecule has 0 saturated heterocycles. The van der Waals surface area contributed by atoms with E-state index in [1.54, 1.807) is 22.7 Å². The first-order valence-electron chi connectivity index (χ1n) is 5.10. The summed E-state index contributed by atoms with van der Waals surface area (Å²) in [5, 5.41) is 4.24. The van der Waals surface area contributed by atoms with E-state index >= 15 is 0 Å². The zero-order chi connectivity index (χ0) is 11.0.